The van der Waals surface area contributed by atoms with E-state index in [1.165, 1.54) is 32.1 Å². The Labute approximate surface area is 105 Å². The predicted octanol–water partition coefficient (Wildman–Crippen LogP) is 1.10. The van der Waals surface area contributed by atoms with Crippen molar-refractivity contribution in [3.05, 3.63) is 0 Å². The Morgan fingerprint density at radius 2 is 1.71 bits per heavy atom. The third-order valence-electron chi connectivity index (χ3n) is 3.27. The van der Waals surface area contributed by atoms with Gasteiger partial charge in [0.15, 0.2) is 0 Å². The van der Waals surface area contributed by atoms with Crippen molar-refractivity contribution in [2.24, 2.45) is 5.73 Å². The van der Waals surface area contributed by atoms with E-state index in [9.17, 15) is 4.79 Å². The molecule has 0 bridgehead atoms. The summed E-state index contributed by atoms with van der Waals surface area (Å²) in [5, 5.41) is 3.25. The number of hydrogen-bond acceptors (Lipinski definition) is 3. The van der Waals surface area contributed by atoms with Crippen molar-refractivity contribution < 1.29 is 4.79 Å². The van der Waals surface area contributed by atoms with Gasteiger partial charge in [0.05, 0.1) is 6.04 Å². The molecule has 0 aromatic rings. The third-order valence-corrected chi connectivity index (χ3v) is 3.27. The van der Waals surface area contributed by atoms with Crippen LogP contribution in [0.5, 0.6) is 0 Å². The molecule has 0 saturated carbocycles. The van der Waals surface area contributed by atoms with Crippen molar-refractivity contribution >= 4 is 5.91 Å². The molecule has 1 unspecified atom stereocenters. The Kier molecular flexibility index (Phi) is 6.52. The van der Waals surface area contributed by atoms with E-state index in [0.29, 0.717) is 6.04 Å². The summed E-state index contributed by atoms with van der Waals surface area (Å²) in [5.41, 5.74) is 5.44. The lowest BCUT2D eigenvalue weighted by molar-refractivity contribution is -0.120. The summed E-state index contributed by atoms with van der Waals surface area (Å²) in [4.78, 5) is 13.8. The molecule has 1 aliphatic rings. The zero-order valence-electron chi connectivity index (χ0n) is 11.2. The van der Waals surface area contributed by atoms with Crippen molar-refractivity contribution in [3.63, 3.8) is 0 Å². The van der Waals surface area contributed by atoms with Crippen molar-refractivity contribution in [1.29, 1.82) is 0 Å². The zero-order valence-corrected chi connectivity index (χ0v) is 11.2. The van der Waals surface area contributed by atoms with Gasteiger partial charge in [0, 0.05) is 12.6 Å². The molecule has 17 heavy (non-hydrogen) atoms. The minimum atomic E-state index is -0.235. The fraction of sp³-hybridized carbons (Fsp3) is 0.923. The van der Waals surface area contributed by atoms with Crippen LogP contribution in [0, 0.1) is 0 Å². The SMILES string of the molecule is CC(C)NC(CN1CCCCCCC1)C(N)=O. The zero-order chi connectivity index (χ0) is 12.7. The molecule has 1 fully saturated rings. The van der Waals surface area contributed by atoms with Crippen LogP contribution in [0.1, 0.15) is 46.0 Å². The van der Waals surface area contributed by atoms with Crippen molar-refractivity contribution in [3.8, 4) is 0 Å². The van der Waals surface area contributed by atoms with Gasteiger partial charge in [-0.3, -0.25) is 4.79 Å². The molecule has 0 aromatic carbocycles. The number of amides is 1. The first kappa shape index (κ1) is 14.5. The number of nitrogens with zero attached hydrogens (tertiary/aromatic N) is 1. The molecule has 1 heterocycles. The first-order chi connectivity index (χ1) is 8.09. The minimum absolute atomic E-state index is 0.213. The summed E-state index contributed by atoms with van der Waals surface area (Å²) in [7, 11) is 0. The van der Waals surface area contributed by atoms with Gasteiger partial charge in [0.2, 0.25) is 5.91 Å². The van der Waals surface area contributed by atoms with Crippen LogP contribution in [0.15, 0.2) is 0 Å². The first-order valence-electron chi connectivity index (χ1n) is 6.87. The Balaban J connectivity index is 2.43. The lowest BCUT2D eigenvalue weighted by Crippen LogP contribution is -2.51. The standard InChI is InChI=1S/C13H27N3O/c1-11(2)15-12(13(14)17)10-16-8-6-4-3-5-7-9-16/h11-12,15H,3-10H2,1-2H3,(H2,14,17). The highest BCUT2D eigenvalue weighted by Crippen LogP contribution is 2.10. The highest BCUT2D eigenvalue weighted by Gasteiger charge is 2.20. The second-order valence-electron chi connectivity index (χ2n) is 5.34. The molecule has 0 radical (unpaired) electrons. The van der Waals surface area contributed by atoms with Gasteiger partial charge in [-0.25, -0.2) is 0 Å². The fourth-order valence-corrected chi connectivity index (χ4v) is 2.38. The van der Waals surface area contributed by atoms with E-state index >= 15 is 0 Å². The molecule has 1 saturated heterocycles. The third kappa shape index (κ3) is 6.03. The van der Waals surface area contributed by atoms with Crippen LogP contribution in [0.2, 0.25) is 0 Å². The van der Waals surface area contributed by atoms with Gasteiger partial charge in [-0.15, -0.1) is 0 Å². The maximum atomic E-state index is 11.4. The lowest BCUT2D eigenvalue weighted by atomic mass is 10.1. The van der Waals surface area contributed by atoms with Crippen molar-refractivity contribution in [1.82, 2.24) is 10.2 Å². The number of rotatable bonds is 5. The van der Waals surface area contributed by atoms with E-state index in [-0.39, 0.29) is 11.9 Å². The number of carbonyl (C=O) groups is 1. The second kappa shape index (κ2) is 7.67. The molecule has 0 aromatic heterocycles. The van der Waals surface area contributed by atoms with Gasteiger partial charge in [0.1, 0.15) is 0 Å². The van der Waals surface area contributed by atoms with Crippen molar-refractivity contribution in [2.45, 2.75) is 58.0 Å². The minimum Gasteiger partial charge on any atom is -0.368 e. The van der Waals surface area contributed by atoms with Gasteiger partial charge >= 0.3 is 0 Å². The van der Waals surface area contributed by atoms with E-state index < -0.39 is 0 Å². The van der Waals surface area contributed by atoms with Gasteiger partial charge < -0.3 is 16.0 Å². The Hall–Kier alpha value is -0.610. The smallest absolute Gasteiger partial charge is 0.235 e. The summed E-state index contributed by atoms with van der Waals surface area (Å²) in [6.45, 7) is 7.05. The number of carbonyl (C=O) groups excluding carboxylic acids is 1. The number of nitrogens with one attached hydrogen (secondary N) is 1. The molecule has 4 heteroatoms. The van der Waals surface area contributed by atoms with Crippen LogP contribution < -0.4 is 11.1 Å². The highest BCUT2D eigenvalue weighted by molar-refractivity contribution is 5.80. The summed E-state index contributed by atoms with van der Waals surface area (Å²) < 4.78 is 0. The molecule has 4 nitrogen and oxygen atoms in total. The summed E-state index contributed by atoms with van der Waals surface area (Å²) in [6.07, 6.45) is 6.47. The van der Waals surface area contributed by atoms with Gasteiger partial charge in [-0.2, -0.15) is 0 Å². The first-order valence-corrected chi connectivity index (χ1v) is 6.87. The predicted molar refractivity (Wildman–Crippen MR) is 70.8 cm³/mol. The molecule has 3 N–H and O–H groups in total. The summed E-state index contributed by atoms with van der Waals surface area (Å²) >= 11 is 0. The molecule has 1 aliphatic heterocycles. The van der Waals surface area contributed by atoms with Gasteiger partial charge in [-0.05, 0) is 25.9 Å². The lowest BCUT2D eigenvalue weighted by Gasteiger charge is -2.29. The Morgan fingerprint density at radius 1 is 1.18 bits per heavy atom. The van der Waals surface area contributed by atoms with E-state index in [0.717, 1.165) is 19.6 Å². The average Bonchev–Trinajstić information content (AvgIpc) is 2.19. The molecule has 1 atom stereocenters. The van der Waals surface area contributed by atoms with Crippen molar-refractivity contribution in [2.75, 3.05) is 19.6 Å². The average molecular weight is 241 g/mol. The van der Waals surface area contributed by atoms with Crippen LogP contribution >= 0.6 is 0 Å². The number of hydrogen-bond donors (Lipinski definition) is 2. The van der Waals surface area contributed by atoms with Crippen LogP contribution in [-0.2, 0) is 4.79 Å². The molecular formula is C13H27N3O. The number of likely N-dealkylation sites (tertiary alicyclic amines) is 1. The van der Waals surface area contributed by atoms with Crippen LogP contribution in [0.3, 0.4) is 0 Å². The topological polar surface area (TPSA) is 58.4 Å². The molecule has 0 spiro atoms. The van der Waals surface area contributed by atoms with E-state index in [1.54, 1.807) is 0 Å². The number of nitrogens with two attached hydrogens (primary N) is 1. The maximum absolute atomic E-state index is 11.4. The normalized spacial score (nSPS) is 20.9. The van der Waals surface area contributed by atoms with Crippen LogP contribution in [0.25, 0.3) is 0 Å². The van der Waals surface area contributed by atoms with Crippen LogP contribution in [0.4, 0.5) is 0 Å². The summed E-state index contributed by atoms with van der Waals surface area (Å²) in [6, 6.07) is 0.0803. The van der Waals surface area contributed by atoms with Crippen LogP contribution in [-0.4, -0.2) is 42.5 Å². The molecule has 0 aliphatic carbocycles. The highest BCUT2D eigenvalue weighted by atomic mass is 16.1. The monoisotopic (exact) mass is 241 g/mol. The summed E-state index contributed by atoms with van der Waals surface area (Å²) in [5.74, 6) is -0.235. The van der Waals surface area contributed by atoms with Gasteiger partial charge in [0.25, 0.3) is 0 Å². The van der Waals surface area contributed by atoms with E-state index in [2.05, 4.69) is 10.2 Å². The number of primary amides is 1. The molecule has 1 rings (SSSR count). The molecular weight excluding hydrogens is 214 g/mol. The Bertz CT molecular complexity index is 223. The quantitative estimate of drug-likeness (QED) is 0.758. The maximum Gasteiger partial charge on any atom is 0.235 e. The molecule has 1 amide bonds. The van der Waals surface area contributed by atoms with E-state index in [4.69, 9.17) is 5.73 Å². The largest absolute Gasteiger partial charge is 0.368 e. The fourth-order valence-electron chi connectivity index (χ4n) is 2.38. The second-order valence-corrected chi connectivity index (χ2v) is 5.34. The van der Waals surface area contributed by atoms with E-state index in [1.807, 2.05) is 13.8 Å². The molecule has 100 valence electrons. The van der Waals surface area contributed by atoms with Gasteiger partial charge in [-0.1, -0.05) is 33.1 Å². The Morgan fingerprint density at radius 3 is 2.18 bits per heavy atom.